The van der Waals surface area contributed by atoms with Crippen molar-refractivity contribution in [2.24, 2.45) is 11.8 Å². The van der Waals surface area contributed by atoms with Crippen LogP contribution in [0.15, 0.2) is 212 Å². The van der Waals surface area contributed by atoms with Crippen LogP contribution in [0, 0.1) is 11.8 Å². The highest BCUT2D eigenvalue weighted by Gasteiger charge is 2.29. The molecule has 0 aliphatic heterocycles. The summed E-state index contributed by atoms with van der Waals surface area (Å²) in [4.78, 5) is 27.0. The summed E-state index contributed by atoms with van der Waals surface area (Å²) in [5.41, 5.74) is 25.9. The van der Waals surface area contributed by atoms with Crippen LogP contribution in [0.5, 0.6) is 0 Å². The molecule has 2 atom stereocenters. The Balaban J connectivity index is 0.000000236. The second-order valence-electron chi connectivity index (χ2n) is 21.5. The number of hydrogen-bond acceptors (Lipinski definition) is 9. The number of benzene rings is 2. The fraction of sp³-hybridized carbons (Fsp3) is 0.376. The van der Waals surface area contributed by atoms with E-state index in [4.69, 9.17) is 15.0 Å². The number of nitrogens with zero attached hydrogens (tertiary/aromatic N) is 12. The lowest BCUT2D eigenvalue weighted by atomic mass is 9.81. The number of fused-ring (bicyclic) bond motifs is 6. The fourth-order valence-corrected chi connectivity index (χ4v) is 12.6. The van der Waals surface area contributed by atoms with Crippen molar-refractivity contribution in [3.63, 3.8) is 0 Å². The molecule has 512 valence electrons. The molecule has 0 radical (unpaired) electrons. The maximum absolute atomic E-state index is 4.79. The van der Waals surface area contributed by atoms with Gasteiger partial charge in [-0.15, -0.1) is 0 Å². The van der Waals surface area contributed by atoms with E-state index in [-0.39, 0.29) is 0 Å². The molecule has 2 unspecified atom stereocenters. The van der Waals surface area contributed by atoms with Gasteiger partial charge in [0.1, 0.15) is 0 Å². The largest absolute Gasteiger partial charge is 0.264 e. The van der Waals surface area contributed by atoms with Gasteiger partial charge >= 0.3 is 0 Å². The lowest BCUT2D eigenvalue weighted by molar-refractivity contribution is 0.449. The van der Waals surface area contributed by atoms with Gasteiger partial charge in [0.2, 0.25) is 0 Å². The molecule has 16 rings (SSSR count). The van der Waals surface area contributed by atoms with Crippen molar-refractivity contribution in [1.29, 1.82) is 0 Å². The van der Waals surface area contributed by atoms with Gasteiger partial charge in [0.15, 0.2) is 16.9 Å². The zero-order chi connectivity index (χ0) is 70.5. The first-order valence-electron chi connectivity index (χ1n) is 36.8. The predicted octanol–water partition coefficient (Wildman–Crippen LogP) is 22.7. The Morgan fingerprint density at radius 3 is 1.30 bits per heavy atom. The lowest BCUT2D eigenvalue weighted by Crippen LogP contribution is -2.14. The van der Waals surface area contributed by atoms with Gasteiger partial charge in [0.05, 0.1) is 41.4 Å². The Labute approximate surface area is 582 Å². The molecular weight excluding hydrogens is 1190 g/mol. The molecule has 2 aromatic carbocycles. The van der Waals surface area contributed by atoms with Crippen molar-refractivity contribution < 1.29 is 0 Å². The third-order valence-corrected chi connectivity index (χ3v) is 16.5. The standard InChI is InChI=1S/C25H22N4.C21H20N4.C21H16N4.9C2H6/c1-2-6-22-18(4-1)14-19-8-7-17(13-23(19)22)12-21-15-24(20-5-3-10-26-16-20)28-25-9-11-27-29(21)25;1-3-16-7-6-15(11-17(16)4-1)12-19-13-20(18-5-2-9-22-14-18)24-21-8-10-23-25(19)21;1-2-6-19-15(4-1)7-8-16(19)12-18-13-20(17-5-3-10-22-14-17)24-21-9-11-23-25(18)21;9*1-2/h1-6,9-11,15-17H,7-8,12-14H2;1-2,4-5,8-10,13-15H,3,6-7,11-12H2;1-6,8-11,13-14H,7,12H2;9*1-2H3. The van der Waals surface area contributed by atoms with Crippen LogP contribution in [0.1, 0.15) is 209 Å². The van der Waals surface area contributed by atoms with Crippen molar-refractivity contribution in [1.82, 2.24) is 58.7 Å². The molecule has 97 heavy (non-hydrogen) atoms. The van der Waals surface area contributed by atoms with Gasteiger partial charge in [-0.3, -0.25) is 15.0 Å². The van der Waals surface area contributed by atoms with Crippen LogP contribution in [0.3, 0.4) is 0 Å². The normalized spacial score (nSPS) is 14.4. The van der Waals surface area contributed by atoms with E-state index in [2.05, 4.69) is 127 Å². The first-order valence-corrected chi connectivity index (χ1v) is 36.8. The van der Waals surface area contributed by atoms with E-state index >= 15 is 0 Å². The van der Waals surface area contributed by atoms with E-state index in [0.29, 0.717) is 11.8 Å². The average Bonchev–Trinajstić information content (AvgIpc) is 1.67. The van der Waals surface area contributed by atoms with Crippen molar-refractivity contribution in [2.75, 3.05) is 0 Å². The van der Waals surface area contributed by atoms with Gasteiger partial charge in [0.25, 0.3) is 0 Å². The second-order valence-corrected chi connectivity index (χ2v) is 21.5. The Morgan fingerprint density at radius 2 is 0.825 bits per heavy atom. The molecule has 0 spiro atoms. The van der Waals surface area contributed by atoms with Gasteiger partial charge in [-0.25, -0.2) is 28.5 Å². The van der Waals surface area contributed by atoms with Crippen LogP contribution in [-0.4, -0.2) is 58.7 Å². The maximum atomic E-state index is 4.79. The summed E-state index contributed by atoms with van der Waals surface area (Å²) in [5, 5.41) is 13.5. The Hall–Kier alpha value is -9.29. The number of aromatic nitrogens is 12. The van der Waals surface area contributed by atoms with Gasteiger partial charge < -0.3 is 0 Å². The molecule has 11 aromatic rings. The van der Waals surface area contributed by atoms with Crippen LogP contribution in [0.2, 0.25) is 0 Å². The highest BCUT2D eigenvalue weighted by atomic mass is 15.3. The molecule has 5 aliphatic rings. The van der Waals surface area contributed by atoms with E-state index in [9.17, 15) is 0 Å². The van der Waals surface area contributed by atoms with E-state index in [1.165, 1.54) is 84.2 Å². The lowest BCUT2D eigenvalue weighted by Gasteiger charge is -2.25. The topological polar surface area (TPSA) is 129 Å². The first-order chi connectivity index (χ1) is 48.1. The summed E-state index contributed by atoms with van der Waals surface area (Å²) in [7, 11) is 0. The maximum Gasteiger partial charge on any atom is 0.155 e. The summed E-state index contributed by atoms with van der Waals surface area (Å²) in [6.45, 7) is 36.0. The SMILES string of the molecule is C1=C(Cc2cc(-c3cccnc3)nc3ccnn23)c2ccccc2C1.C1=CC2=C(C1)CCC(Cc1cc(-c3cccnc3)nc3ccnn13)C2.CC.CC.CC.CC.CC.CC.CC.CC.CC.c1cncc(-c2cc(CC3CCC4=C(C3)c3ccccc3C4)n3nccc3n2)c1. The highest BCUT2D eigenvalue weighted by Crippen LogP contribution is 2.45. The van der Waals surface area contributed by atoms with Crippen LogP contribution in [-0.2, 0) is 32.1 Å². The van der Waals surface area contributed by atoms with Crippen LogP contribution in [0.25, 0.3) is 61.9 Å². The minimum Gasteiger partial charge on any atom is -0.264 e. The average molecular weight is 1300 g/mol. The van der Waals surface area contributed by atoms with Crippen LogP contribution < -0.4 is 0 Å². The molecular formula is C85H112N12. The molecule has 0 fully saturated rings. The van der Waals surface area contributed by atoms with Crippen LogP contribution in [0.4, 0.5) is 0 Å². The number of hydrogen-bond donors (Lipinski definition) is 0. The molecule has 0 saturated heterocycles. The quantitative estimate of drug-likeness (QED) is 0.139. The summed E-state index contributed by atoms with van der Waals surface area (Å²) in [5.74, 6) is 1.31. The van der Waals surface area contributed by atoms with E-state index in [1.54, 1.807) is 47.1 Å². The molecule has 0 bridgehead atoms. The Kier molecular flexibility index (Phi) is 34.8. The van der Waals surface area contributed by atoms with Gasteiger partial charge in [-0.2, -0.15) is 15.3 Å². The second kappa shape index (κ2) is 43.0. The van der Waals surface area contributed by atoms with E-state index in [0.717, 1.165) is 88.5 Å². The minimum absolute atomic E-state index is 0.636. The predicted molar refractivity (Wildman–Crippen MR) is 413 cm³/mol. The third-order valence-electron chi connectivity index (χ3n) is 16.5. The van der Waals surface area contributed by atoms with Crippen molar-refractivity contribution in [3.05, 3.63) is 251 Å². The van der Waals surface area contributed by atoms with Gasteiger partial charge in [-0.1, -0.05) is 203 Å². The molecule has 0 amide bonds. The molecule has 12 heteroatoms. The van der Waals surface area contributed by atoms with Gasteiger partial charge in [0, 0.05) is 89.9 Å². The van der Waals surface area contributed by atoms with E-state index in [1.807, 2.05) is 212 Å². The zero-order valence-electron chi connectivity index (χ0n) is 62.0. The summed E-state index contributed by atoms with van der Waals surface area (Å²) in [6, 6.07) is 42.0. The number of allylic oxidation sites excluding steroid dienone is 8. The number of rotatable bonds is 9. The summed E-state index contributed by atoms with van der Waals surface area (Å²) in [6.07, 6.45) is 37.0. The van der Waals surface area contributed by atoms with Crippen molar-refractivity contribution in [3.8, 4) is 33.8 Å². The monoisotopic (exact) mass is 1300 g/mol. The Morgan fingerprint density at radius 1 is 0.402 bits per heavy atom. The first kappa shape index (κ1) is 78.4. The molecule has 9 aromatic heterocycles. The highest BCUT2D eigenvalue weighted by molar-refractivity contribution is 5.78. The zero-order valence-corrected chi connectivity index (χ0v) is 62.0. The molecule has 9 heterocycles. The minimum atomic E-state index is 0.636. The fourth-order valence-electron chi connectivity index (χ4n) is 12.6. The molecule has 0 saturated carbocycles. The smallest absolute Gasteiger partial charge is 0.155 e. The summed E-state index contributed by atoms with van der Waals surface area (Å²) >= 11 is 0. The van der Waals surface area contributed by atoms with E-state index < -0.39 is 0 Å². The third kappa shape index (κ3) is 20.2. The van der Waals surface area contributed by atoms with Crippen molar-refractivity contribution in [2.45, 2.75) is 202 Å². The molecule has 0 N–H and O–H groups in total. The number of pyridine rings is 3. The van der Waals surface area contributed by atoms with Crippen molar-refractivity contribution >= 4 is 28.1 Å². The Bertz CT molecular complexity index is 4170. The molecule has 5 aliphatic carbocycles. The molecule has 12 nitrogen and oxygen atoms in total. The summed E-state index contributed by atoms with van der Waals surface area (Å²) < 4.78 is 5.93. The van der Waals surface area contributed by atoms with Gasteiger partial charge in [-0.05, 0) is 176 Å². The van der Waals surface area contributed by atoms with Crippen LogP contribution >= 0.6 is 0 Å².